The summed E-state index contributed by atoms with van der Waals surface area (Å²) in [5, 5.41) is 3.21. The van der Waals surface area contributed by atoms with Gasteiger partial charge in [-0.25, -0.2) is 8.42 Å². The number of piperazine rings is 1. The molecule has 0 spiro atoms. The van der Waals surface area contributed by atoms with E-state index in [2.05, 4.69) is 5.32 Å². The van der Waals surface area contributed by atoms with Gasteiger partial charge in [-0.15, -0.1) is 0 Å². The van der Waals surface area contributed by atoms with E-state index in [9.17, 15) is 13.2 Å². The Hall–Kier alpha value is -0.860. The summed E-state index contributed by atoms with van der Waals surface area (Å²) in [6.07, 6.45) is 0. The molecule has 0 unspecified atom stereocenters. The van der Waals surface area contributed by atoms with Crippen LogP contribution in [0, 0.1) is 0 Å². The molecule has 9 heteroatoms. The van der Waals surface area contributed by atoms with Crippen molar-refractivity contribution >= 4 is 39.1 Å². The summed E-state index contributed by atoms with van der Waals surface area (Å²) in [7, 11) is -2.59. The Morgan fingerprint density at radius 2 is 1.82 bits per heavy atom. The molecule has 0 saturated carbocycles. The number of likely N-dealkylation sites (N-methyl/N-ethyl adjacent to an activating group) is 1. The van der Waals surface area contributed by atoms with Crippen molar-refractivity contribution < 1.29 is 13.2 Å². The highest BCUT2D eigenvalue weighted by Crippen LogP contribution is 2.30. The van der Waals surface area contributed by atoms with Gasteiger partial charge < -0.3 is 10.2 Å². The zero-order chi connectivity index (χ0) is 16.3. The number of hydrogen-bond donors (Lipinski definition) is 1. The highest BCUT2D eigenvalue weighted by atomic mass is 35.5. The molecule has 6 nitrogen and oxygen atoms in total. The van der Waals surface area contributed by atoms with Gasteiger partial charge in [0.1, 0.15) is 4.90 Å². The van der Waals surface area contributed by atoms with E-state index in [1.807, 2.05) is 0 Å². The van der Waals surface area contributed by atoms with E-state index < -0.39 is 10.0 Å². The topological polar surface area (TPSA) is 69.7 Å². The minimum absolute atomic E-state index is 0.0361. The third kappa shape index (κ3) is 3.72. The van der Waals surface area contributed by atoms with Crippen molar-refractivity contribution in [3.63, 3.8) is 0 Å². The first-order valence-electron chi connectivity index (χ1n) is 6.73. The molecule has 1 amide bonds. The number of hydrogen-bond acceptors (Lipinski definition) is 4. The second-order valence-electron chi connectivity index (χ2n) is 4.94. The number of nitrogens with zero attached hydrogens (tertiary/aromatic N) is 2. The van der Waals surface area contributed by atoms with Crippen LogP contribution < -0.4 is 5.32 Å². The van der Waals surface area contributed by atoms with Crippen LogP contribution in [0.4, 0.5) is 0 Å². The molecular weight excluding hydrogens is 349 g/mol. The lowest BCUT2D eigenvalue weighted by molar-refractivity contribution is -0.131. The van der Waals surface area contributed by atoms with Gasteiger partial charge in [0.15, 0.2) is 0 Å². The quantitative estimate of drug-likeness (QED) is 0.865. The first kappa shape index (κ1) is 17.5. The van der Waals surface area contributed by atoms with E-state index in [1.165, 1.54) is 19.2 Å². The Morgan fingerprint density at radius 3 is 2.36 bits per heavy atom. The Morgan fingerprint density at radius 1 is 1.27 bits per heavy atom. The summed E-state index contributed by atoms with van der Waals surface area (Å²) < 4.78 is 26.1. The second-order valence-corrected chi connectivity index (χ2v) is 7.74. The van der Waals surface area contributed by atoms with E-state index in [1.54, 1.807) is 11.0 Å². The smallest absolute Gasteiger partial charge is 0.246 e. The van der Waals surface area contributed by atoms with Gasteiger partial charge in [0.25, 0.3) is 0 Å². The number of carbonyl (C=O) groups is 1. The number of benzene rings is 1. The highest BCUT2D eigenvalue weighted by molar-refractivity contribution is 7.89. The summed E-state index contributed by atoms with van der Waals surface area (Å²) in [4.78, 5) is 13.6. The molecule has 0 aliphatic carbocycles. The van der Waals surface area contributed by atoms with E-state index in [0.717, 1.165) is 4.31 Å². The third-order valence-electron chi connectivity index (χ3n) is 3.41. The fraction of sp³-hybridized carbons (Fsp3) is 0.462. The van der Waals surface area contributed by atoms with Gasteiger partial charge in [-0.3, -0.25) is 4.79 Å². The van der Waals surface area contributed by atoms with E-state index in [0.29, 0.717) is 26.2 Å². The first-order valence-corrected chi connectivity index (χ1v) is 8.92. The summed E-state index contributed by atoms with van der Waals surface area (Å²) in [5.74, 6) is -0.240. The molecule has 1 aromatic carbocycles. The van der Waals surface area contributed by atoms with Crippen molar-refractivity contribution in [3.05, 3.63) is 28.2 Å². The van der Waals surface area contributed by atoms with Gasteiger partial charge in [0.2, 0.25) is 15.9 Å². The monoisotopic (exact) mass is 365 g/mol. The second kappa shape index (κ2) is 7.14. The summed E-state index contributed by atoms with van der Waals surface area (Å²) in [6.45, 7) is 2.31. The Labute approximate surface area is 140 Å². The van der Waals surface area contributed by atoms with Crippen LogP contribution in [-0.2, 0) is 14.8 Å². The molecule has 0 bridgehead atoms. The fourth-order valence-corrected chi connectivity index (χ4v) is 4.38. The normalized spacial score (nSPS) is 16.1. The van der Waals surface area contributed by atoms with Crippen molar-refractivity contribution in [3.8, 4) is 0 Å². The van der Waals surface area contributed by atoms with E-state index >= 15 is 0 Å². The van der Waals surface area contributed by atoms with Crippen LogP contribution in [0.2, 0.25) is 10.0 Å². The van der Waals surface area contributed by atoms with Gasteiger partial charge in [-0.1, -0.05) is 29.3 Å². The van der Waals surface area contributed by atoms with Crippen LogP contribution in [0.15, 0.2) is 23.1 Å². The zero-order valence-corrected chi connectivity index (χ0v) is 14.4. The maximum Gasteiger partial charge on any atom is 0.246 e. The third-order valence-corrected chi connectivity index (χ3v) is 6.17. The number of carbonyl (C=O) groups excluding carboxylic acids is 1. The predicted octanol–water partition coefficient (Wildman–Crippen LogP) is 1.05. The molecule has 0 aromatic heterocycles. The fourth-order valence-electron chi connectivity index (χ4n) is 2.17. The zero-order valence-electron chi connectivity index (χ0n) is 12.1. The molecule has 0 radical (unpaired) electrons. The molecule has 22 heavy (non-hydrogen) atoms. The number of amides is 1. The largest absolute Gasteiger partial charge is 0.339 e. The lowest BCUT2D eigenvalue weighted by Crippen LogP contribution is -2.49. The van der Waals surface area contributed by atoms with Crippen LogP contribution >= 0.6 is 23.2 Å². The molecular formula is C13H17Cl2N3O3S. The summed E-state index contributed by atoms with van der Waals surface area (Å²) in [5.41, 5.74) is 0. The summed E-state index contributed by atoms with van der Waals surface area (Å²) >= 11 is 11.9. The lowest BCUT2D eigenvalue weighted by atomic mass is 10.3. The number of sulfonamides is 1. The average molecular weight is 366 g/mol. The van der Waals surface area contributed by atoms with Crippen molar-refractivity contribution in [1.82, 2.24) is 14.5 Å². The van der Waals surface area contributed by atoms with Crippen LogP contribution in [0.1, 0.15) is 0 Å². The lowest BCUT2D eigenvalue weighted by Gasteiger charge is -2.29. The van der Waals surface area contributed by atoms with Gasteiger partial charge >= 0.3 is 0 Å². The van der Waals surface area contributed by atoms with Crippen molar-refractivity contribution in [1.29, 1.82) is 0 Å². The van der Waals surface area contributed by atoms with Crippen LogP contribution in [0.5, 0.6) is 0 Å². The molecule has 1 fully saturated rings. The Kier molecular flexibility index (Phi) is 5.68. The average Bonchev–Trinajstić information content (AvgIpc) is 2.47. The molecule has 0 atom stereocenters. The van der Waals surface area contributed by atoms with Gasteiger partial charge in [0, 0.05) is 33.2 Å². The maximum atomic E-state index is 12.6. The van der Waals surface area contributed by atoms with E-state index in [4.69, 9.17) is 23.2 Å². The van der Waals surface area contributed by atoms with Gasteiger partial charge in [0.05, 0.1) is 16.6 Å². The number of rotatable bonds is 4. The molecule has 1 N–H and O–H groups in total. The molecule has 2 rings (SSSR count). The summed E-state index contributed by atoms with van der Waals surface area (Å²) in [6, 6.07) is 4.47. The van der Waals surface area contributed by atoms with Crippen molar-refractivity contribution in [2.75, 3.05) is 39.8 Å². The van der Waals surface area contributed by atoms with Crippen molar-refractivity contribution in [2.24, 2.45) is 0 Å². The van der Waals surface area contributed by atoms with E-state index in [-0.39, 0.29) is 27.4 Å². The van der Waals surface area contributed by atoms with Gasteiger partial charge in [-0.05, 0) is 12.1 Å². The predicted molar refractivity (Wildman–Crippen MR) is 85.7 cm³/mol. The minimum atomic E-state index is -3.93. The standard InChI is InChI=1S/C13H17Cl2N3O3S/c1-17(9-12(19)18-7-5-16-6-8-18)22(20,21)13-10(14)3-2-4-11(13)15/h2-4,16H,5-9H2,1H3. The minimum Gasteiger partial charge on any atom is -0.339 e. The first-order chi connectivity index (χ1) is 10.3. The highest BCUT2D eigenvalue weighted by Gasteiger charge is 2.29. The van der Waals surface area contributed by atoms with Crippen molar-refractivity contribution in [2.45, 2.75) is 4.90 Å². The Balaban J connectivity index is 2.17. The molecule has 1 aliphatic rings. The Bertz CT molecular complexity index is 640. The van der Waals surface area contributed by atoms with Crippen LogP contribution in [0.25, 0.3) is 0 Å². The molecule has 1 heterocycles. The van der Waals surface area contributed by atoms with Crippen LogP contribution in [-0.4, -0.2) is 63.3 Å². The molecule has 1 saturated heterocycles. The SMILES string of the molecule is CN(CC(=O)N1CCNCC1)S(=O)(=O)c1c(Cl)cccc1Cl. The van der Waals surface area contributed by atoms with Gasteiger partial charge in [-0.2, -0.15) is 4.31 Å². The maximum absolute atomic E-state index is 12.6. The number of nitrogens with one attached hydrogen (secondary N) is 1. The molecule has 122 valence electrons. The molecule has 1 aromatic rings. The molecule has 1 aliphatic heterocycles. The van der Waals surface area contributed by atoms with Crippen LogP contribution in [0.3, 0.4) is 0 Å². The number of halogens is 2.